The molecule has 0 spiro atoms. The van der Waals surface area contributed by atoms with Crippen LogP contribution in [0.1, 0.15) is 17.5 Å². The smallest absolute Gasteiger partial charge is 0.266 e. The lowest BCUT2D eigenvalue weighted by molar-refractivity contribution is -0.0284. The molecule has 4 nitrogen and oxygen atoms in total. The van der Waals surface area contributed by atoms with E-state index in [1.54, 1.807) is 19.9 Å². The first kappa shape index (κ1) is 14.1. The maximum absolute atomic E-state index is 12.4. The highest BCUT2D eigenvalue weighted by Crippen LogP contribution is 2.35. The van der Waals surface area contributed by atoms with Crippen LogP contribution in [0.2, 0.25) is 10.0 Å². The van der Waals surface area contributed by atoms with Crippen LogP contribution in [-0.4, -0.2) is 26.0 Å². The molecule has 0 atom stereocenters. The van der Waals surface area contributed by atoms with Crippen LogP contribution in [0.25, 0.3) is 0 Å². The molecule has 18 heavy (non-hydrogen) atoms. The Morgan fingerprint density at radius 3 is 2.56 bits per heavy atom. The summed E-state index contributed by atoms with van der Waals surface area (Å²) in [5.41, 5.74) is 1.08. The van der Waals surface area contributed by atoms with Crippen molar-refractivity contribution in [2.75, 3.05) is 13.2 Å². The first-order valence-electron chi connectivity index (χ1n) is 5.46. The zero-order valence-corrected chi connectivity index (χ0v) is 12.4. The maximum Gasteiger partial charge on any atom is 0.266 e. The Morgan fingerprint density at radius 2 is 2.00 bits per heavy atom. The first-order chi connectivity index (χ1) is 8.35. The Labute approximate surface area is 116 Å². The van der Waals surface area contributed by atoms with Gasteiger partial charge in [-0.2, -0.15) is 0 Å². The molecule has 0 radical (unpaired) electrons. The molecule has 0 aliphatic carbocycles. The standard InChI is InChI=1S/C11H13Cl2NO3S/c1-7-6-9(12)8(2)11(10(7)13)18(15,16)14-4-3-5-17-14/h6H,3-5H2,1-2H3. The van der Waals surface area contributed by atoms with Crippen LogP contribution in [0, 0.1) is 13.8 Å². The average Bonchev–Trinajstić information content (AvgIpc) is 2.80. The monoisotopic (exact) mass is 309 g/mol. The zero-order chi connectivity index (χ0) is 13.5. The molecule has 100 valence electrons. The number of hydrogen-bond donors (Lipinski definition) is 0. The zero-order valence-electron chi connectivity index (χ0n) is 10.0. The third-order valence-electron chi connectivity index (χ3n) is 2.83. The molecule has 0 amide bonds. The van der Waals surface area contributed by atoms with Gasteiger partial charge in [-0.05, 0) is 37.5 Å². The second-order valence-corrected chi connectivity index (χ2v) is 6.71. The van der Waals surface area contributed by atoms with Gasteiger partial charge in [0, 0.05) is 11.6 Å². The second kappa shape index (κ2) is 4.98. The molecule has 0 aromatic heterocycles. The van der Waals surface area contributed by atoms with Crippen molar-refractivity contribution in [1.29, 1.82) is 0 Å². The van der Waals surface area contributed by atoms with Gasteiger partial charge in [0.2, 0.25) is 0 Å². The Hall–Kier alpha value is -0.330. The number of rotatable bonds is 2. The van der Waals surface area contributed by atoms with Crippen LogP contribution in [0.3, 0.4) is 0 Å². The Balaban J connectivity index is 2.63. The van der Waals surface area contributed by atoms with Crippen molar-refractivity contribution < 1.29 is 13.3 Å². The fraction of sp³-hybridized carbons (Fsp3) is 0.455. The fourth-order valence-corrected chi connectivity index (χ4v) is 4.31. The quantitative estimate of drug-likeness (QED) is 0.844. The maximum atomic E-state index is 12.4. The Morgan fingerprint density at radius 1 is 1.33 bits per heavy atom. The number of sulfonamides is 1. The van der Waals surface area contributed by atoms with Crippen molar-refractivity contribution in [3.05, 3.63) is 27.2 Å². The van der Waals surface area contributed by atoms with Gasteiger partial charge in [0.1, 0.15) is 4.90 Å². The number of nitrogens with zero attached hydrogens (tertiary/aromatic N) is 1. The van der Waals surface area contributed by atoms with Gasteiger partial charge in [0.25, 0.3) is 10.0 Å². The van der Waals surface area contributed by atoms with Gasteiger partial charge in [0.05, 0.1) is 11.6 Å². The number of hydrogen-bond acceptors (Lipinski definition) is 3. The second-order valence-electron chi connectivity index (χ2n) is 4.16. The lowest BCUT2D eigenvalue weighted by Crippen LogP contribution is -2.28. The molecule has 7 heteroatoms. The molecule has 0 saturated carbocycles. The molecule has 0 unspecified atom stereocenters. The summed E-state index contributed by atoms with van der Waals surface area (Å²) >= 11 is 12.1. The molecule has 1 saturated heterocycles. The molecule has 2 rings (SSSR count). The largest absolute Gasteiger partial charge is 0.284 e. The van der Waals surface area contributed by atoms with Crippen LogP contribution in [0.4, 0.5) is 0 Å². The lowest BCUT2D eigenvalue weighted by Gasteiger charge is -2.18. The van der Waals surface area contributed by atoms with Crippen LogP contribution in [-0.2, 0) is 14.9 Å². The molecule has 1 aromatic carbocycles. The molecular weight excluding hydrogens is 297 g/mol. The molecule has 0 N–H and O–H groups in total. The van der Waals surface area contributed by atoms with Gasteiger partial charge in [-0.15, -0.1) is 0 Å². The number of halogens is 2. The summed E-state index contributed by atoms with van der Waals surface area (Å²) in [5.74, 6) is 0. The summed E-state index contributed by atoms with van der Waals surface area (Å²) in [6.07, 6.45) is 0.676. The van der Waals surface area contributed by atoms with Crippen molar-refractivity contribution in [1.82, 2.24) is 4.47 Å². The van der Waals surface area contributed by atoms with E-state index in [1.165, 1.54) is 0 Å². The van der Waals surface area contributed by atoms with Gasteiger partial charge < -0.3 is 0 Å². The number of hydroxylamine groups is 1. The van der Waals surface area contributed by atoms with Crippen molar-refractivity contribution >= 4 is 33.2 Å². The summed E-state index contributed by atoms with van der Waals surface area (Å²) in [4.78, 5) is 5.14. The summed E-state index contributed by atoms with van der Waals surface area (Å²) in [6.45, 7) is 4.09. The fourth-order valence-electron chi connectivity index (χ4n) is 1.84. The molecular formula is C11H13Cl2NO3S. The Bertz CT molecular complexity index is 554. The first-order valence-corrected chi connectivity index (χ1v) is 7.66. The summed E-state index contributed by atoms with van der Waals surface area (Å²) in [5, 5.41) is 0.585. The summed E-state index contributed by atoms with van der Waals surface area (Å²) in [7, 11) is -3.75. The van der Waals surface area contributed by atoms with Gasteiger partial charge in [-0.25, -0.2) is 8.42 Å². The minimum atomic E-state index is -3.75. The van der Waals surface area contributed by atoms with Crippen molar-refractivity contribution in [3.8, 4) is 0 Å². The Kier molecular flexibility index (Phi) is 3.90. The highest BCUT2D eigenvalue weighted by Gasteiger charge is 2.33. The number of aryl methyl sites for hydroxylation is 1. The van der Waals surface area contributed by atoms with Crippen molar-refractivity contribution in [2.24, 2.45) is 0 Å². The van der Waals surface area contributed by atoms with Gasteiger partial charge in [0.15, 0.2) is 0 Å². The van der Waals surface area contributed by atoms with Gasteiger partial charge >= 0.3 is 0 Å². The minimum absolute atomic E-state index is 0.0380. The van der Waals surface area contributed by atoms with Gasteiger partial charge in [-0.3, -0.25) is 4.84 Å². The molecule has 1 fully saturated rings. The highest BCUT2D eigenvalue weighted by molar-refractivity contribution is 7.89. The predicted molar refractivity (Wildman–Crippen MR) is 70.4 cm³/mol. The van der Waals surface area contributed by atoms with E-state index in [4.69, 9.17) is 28.0 Å². The molecule has 1 aliphatic rings. The van der Waals surface area contributed by atoms with E-state index in [2.05, 4.69) is 0 Å². The third kappa shape index (κ3) is 2.26. The highest BCUT2D eigenvalue weighted by atomic mass is 35.5. The van der Waals surface area contributed by atoms with Crippen LogP contribution in [0.5, 0.6) is 0 Å². The lowest BCUT2D eigenvalue weighted by atomic mass is 10.2. The average molecular weight is 310 g/mol. The summed E-state index contributed by atoms with van der Waals surface area (Å²) < 4.78 is 25.9. The minimum Gasteiger partial charge on any atom is -0.284 e. The topological polar surface area (TPSA) is 46.6 Å². The van der Waals surface area contributed by atoms with E-state index in [1.807, 2.05) is 0 Å². The van der Waals surface area contributed by atoms with E-state index in [0.717, 1.165) is 4.47 Å². The van der Waals surface area contributed by atoms with Crippen LogP contribution >= 0.6 is 23.2 Å². The van der Waals surface area contributed by atoms with E-state index in [-0.39, 0.29) is 9.92 Å². The van der Waals surface area contributed by atoms with E-state index < -0.39 is 10.0 Å². The molecule has 1 aliphatic heterocycles. The van der Waals surface area contributed by atoms with E-state index in [0.29, 0.717) is 35.7 Å². The van der Waals surface area contributed by atoms with Crippen molar-refractivity contribution in [3.63, 3.8) is 0 Å². The predicted octanol–water partition coefficient (Wildman–Crippen LogP) is 2.94. The molecule has 1 aromatic rings. The molecule has 0 bridgehead atoms. The van der Waals surface area contributed by atoms with Gasteiger partial charge in [-0.1, -0.05) is 27.7 Å². The summed E-state index contributed by atoms with van der Waals surface area (Å²) in [6, 6.07) is 1.66. The molecule has 1 heterocycles. The van der Waals surface area contributed by atoms with Crippen LogP contribution < -0.4 is 0 Å². The third-order valence-corrected chi connectivity index (χ3v) is 5.68. The van der Waals surface area contributed by atoms with Crippen LogP contribution in [0.15, 0.2) is 11.0 Å². The SMILES string of the molecule is Cc1cc(Cl)c(C)c(S(=O)(=O)N2CCCO2)c1Cl. The van der Waals surface area contributed by atoms with Crippen molar-refractivity contribution in [2.45, 2.75) is 25.2 Å². The normalized spacial score (nSPS) is 17.3. The van der Waals surface area contributed by atoms with E-state index in [9.17, 15) is 8.42 Å². The number of benzene rings is 1. The van der Waals surface area contributed by atoms with E-state index >= 15 is 0 Å².